The van der Waals surface area contributed by atoms with Crippen LogP contribution < -0.4 is 0 Å². The van der Waals surface area contributed by atoms with Crippen LogP contribution in [0, 0.1) is 0 Å². The summed E-state index contributed by atoms with van der Waals surface area (Å²) < 4.78 is 11.1. The second-order valence-corrected chi connectivity index (χ2v) is 3.36. The van der Waals surface area contributed by atoms with Gasteiger partial charge in [-0.25, -0.2) is 0 Å². The van der Waals surface area contributed by atoms with Gasteiger partial charge in [0.2, 0.25) is 0 Å². The fourth-order valence-electron chi connectivity index (χ4n) is 1.72. The van der Waals surface area contributed by atoms with E-state index in [0.717, 1.165) is 5.56 Å². The minimum Gasteiger partial charge on any atom is -0.361 e. The quantitative estimate of drug-likeness (QED) is 0.417. The summed E-state index contributed by atoms with van der Waals surface area (Å²) in [5, 5.41) is 0. The molecule has 0 aliphatic carbocycles. The SMILES string of the molecule is CC(=[N+]=[N-])C1(c2ccccc2)OCCO1. The van der Waals surface area contributed by atoms with Crippen LogP contribution in [0.4, 0.5) is 0 Å². The fourth-order valence-corrected chi connectivity index (χ4v) is 1.72. The number of rotatable bonds is 2. The number of hydrogen-bond acceptors (Lipinski definition) is 2. The van der Waals surface area contributed by atoms with Crippen molar-refractivity contribution in [2.45, 2.75) is 12.7 Å². The molecule has 1 aliphatic heterocycles. The maximum absolute atomic E-state index is 8.85. The molecule has 0 atom stereocenters. The summed E-state index contributed by atoms with van der Waals surface area (Å²) in [4.78, 5) is 3.19. The van der Waals surface area contributed by atoms with Crippen molar-refractivity contribution < 1.29 is 14.3 Å². The van der Waals surface area contributed by atoms with Crippen molar-refractivity contribution in [3.8, 4) is 0 Å². The van der Waals surface area contributed by atoms with Gasteiger partial charge in [0.05, 0.1) is 13.2 Å². The summed E-state index contributed by atoms with van der Waals surface area (Å²) in [7, 11) is 0. The minimum absolute atomic E-state index is 0.409. The van der Waals surface area contributed by atoms with Gasteiger partial charge in [-0.1, -0.05) is 30.3 Å². The van der Waals surface area contributed by atoms with Gasteiger partial charge >= 0.3 is 5.71 Å². The van der Waals surface area contributed by atoms with Crippen LogP contribution >= 0.6 is 0 Å². The molecule has 15 heavy (non-hydrogen) atoms. The Kier molecular flexibility index (Phi) is 2.64. The predicted molar refractivity (Wildman–Crippen MR) is 54.3 cm³/mol. The molecule has 1 aliphatic rings. The van der Waals surface area contributed by atoms with Gasteiger partial charge in [-0.05, 0) is 0 Å². The van der Waals surface area contributed by atoms with Gasteiger partial charge in [0.25, 0.3) is 5.79 Å². The Morgan fingerprint density at radius 1 is 1.27 bits per heavy atom. The molecule has 2 rings (SSSR count). The molecule has 0 N–H and O–H groups in total. The zero-order chi connectivity index (χ0) is 10.7. The molecule has 0 bridgehead atoms. The normalized spacial score (nSPS) is 18.5. The molecule has 78 valence electrons. The molecule has 0 aromatic heterocycles. The maximum Gasteiger partial charge on any atom is 0.329 e. The molecule has 1 aromatic carbocycles. The van der Waals surface area contributed by atoms with Crippen LogP contribution in [0.15, 0.2) is 30.3 Å². The van der Waals surface area contributed by atoms with E-state index in [9.17, 15) is 0 Å². The molecule has 4 nitrogen and oxygen atoms in total. The van der Waals surface area contributed by atoms with Crippen LogP contribution in [0.1, 0.15) is 12.5 Å². The Morgan fingerprint density at radius 3 is 2.40 bits per heavy atom. The third-order valence-electron chi connectivity index (χ3n) is 2.47. The van der Waals surface area contributed by atoms with E-state index in [4.69, 9.17) is 15.0 Å². The molecule has 1 saturated heterocycles. The van der Waals surface area contributed by atoms with Crippen molar-refractivity contribution in [2.24, 2.45) is 0 Å². The molecule has 0 spiro atoms. The summed E-state index contributed by atoms with van der Waals surface area (Å²) >= 11 is 0. The number of hydrogen-bond donors (Lipinski definition) is 0. The van der Waals surface area contributed by atoms with E-state index in [1.807, 2.05) is 30.3 Å². The number of benzene rings is 1. The Balaban J connectivity index is 2.48. The standard InChI is InChI=1S/C11H12N2O2/c1-9(13-12)11(14-7-8-15-11)10-5-3-2-4-6-10/h2-6H,7-8H2,1H3. The van der Waals surface area contributed by atoms with Gasteiger partial charge in [-0.15, -0.1) is 0 Å². The van der Waals surface area contributed by atoms with Crippen LogP contribution in [-0.4, -0.2) is 23.7 Å². The summed E-state index contributed by atoms with van der Waals surface area (Å²) in [6.07, 6.45) is 0. The lowest BCUT2D eigenvalue weighted by atomic mass is 10.0. The maximum atomic E-state index is 8.85. The number of nitrogens with zero attached hydrogens (tertiary/aromatic N) is 2. The van der Waals surface area contributed by atoms with Crippen LogP contribution in [0.3, 0.4) is 0 Å². The molecular weight excluding hydrogens is 192 g/mol. The van der Waals surface area contributed by atoms with E-state index in [2.05, 4.69) is 4.79 Å². The van der Waals surface area contributed by atoms with Gasteiger partial charge < -0.3 is 15.0 Å². The van der Waals surface area contributed by atoms with E-state index in [0.29, 0.717) is 18.9 Å². The highest BCUT2D eigenvalue weighted by molar-refractivity contribution is 5.85. The summed E-state index contributed by atoms with van der Waals surface area (Å²) in [6.45, 7) is 2.68. The first-order valence-electron chi connectivity index (χ1n) is 4.82. The van der Waals surface area contributed by atoms with Gasteiger partial charge in [0.1, 0.15) is 0 Å². The highest BCUT2D eigenvalue weighted by Crippen LogP contribution is 2.32. The molecule has 1 fully saturated rings. The van der Waals surface area contributed by atoms with Crippen LogP contribution in [0.25, 0.3) is 5.53 Å². The third-order valence-corrected chi connectivity index (χ3v) is 2.47. The van der Waals surface area contributed by atoms with Crippen molar-refractivity contribution in [1.29, 1.82) is 0 Å². The zero-order valence-corrected chi connectivity index (χ0v) is 8.51. The topological polar surface area (TPSA) is 54.9 Å². The molecule has 1 heterocycles. The minimum atomic E-state index is -1.00. The second-order valence-electron chi connectivity index (χ2n) is 3.36. The summed E-state index contributed by atoms with van der Waals surface area (Å²) in [5.41, 5.74) is 10.1. The average Bonchev–Trinajstić information content (AvgIpc) is 2.79. The molecule has 0 amide bonds. The fraction of sp³-hybridized carbons (Fsp3) is 0.364. The van der Waals surface area contributed by atoms with Gasteiger partial charge in [-0.2, -0.15) is 4.79 Å². The number of ether oxygens (including phenoxy) is 2. The van der Waals surface area contributed by atoms with Crippen molar-refractivity contribution in [2.75, 3.05) is 13.2 Å². The van der Waals surface area contributed by atoms with Crippen molar-refractivity contribution in [3.05, 3.63) is 41.4 Å². The van der Waals surface area contributed by atoms with Crippen LogP contribution in [0.2, 0.25) is 0 Å². The Labute approximate surface area is 88.1 Å². The lowest BCUT2D eigenvalue weighted by Gasteiger charge is -2.21. The highest BCUT2D eigenvalue weighted by atomic mass is 16.7. The first-order valence-corrected chi connectivity index (χ1v) is 4.82. The predicted octanol–water partition coefficient (Wildman–Crippen LogP) is 1.58. The van der Waals surface area contributed by atoms with E-state index in [1.165, 1.54) is 0 Å². The first kappa shape index (κ1) is 10.1. The second kappa shape index (κ2) is 3.95. The lowest BCUT2D eigenvalue weighted by molar-refractivity contribution is -0.142. The van der Waals surface area contributed by atoms with Crippen LogP contribution in [0.5, 0.6) is 0 Å². The summed E-state index contributed by atoms with van der Waals surface area (Å²) in [6, 6.07) is 9.48. The van der Waals surface area contributed by atoms with Gasteiger partial charge in [-0.3, -0.25) is 0 Å². The van der Waals surface area contributed by atoms with Crippen molar-refractivity contribution >= 4 is 5.71 Å². The van der Waals surface area contributed by atoms with Gasteiger partial charge in [0, 0.05) is 12.5 Å². The lowest BCUT2D eigenvalue weighted by Crippen LogP contribution is -2.35. The first-order chi connectivity index (χ1) is 7.29. The Hall–Kier alpha value is -1.48. The smallest absolute Gasteiger partial charge is 0.329 e. The molecular formula is C11H12N2O2. The Morgan fingerprint density at radius 2 is 1.87 bits per heavy atom. The van der Waals surface area contributed by atoms with Crippen molar-refractivity contribution in [3.63, 3.8) is 0 Å². The molecule has 0 saturated carbocycles. The molecule has 0 radical (unpaired) electrons. The van der Waals surface area contributed by atoms with Gasteiger partial charge in [0.15, 0.2) is 0 Å². The van der Waals surface area contributed by atoms with Crippen LogP contribution in [-0.2, 0) is 15.3 Å². The average molecular weight is 204 g/mol. The Bertz CT molecular complexity index is 390. The molecule has 1 aromatic rings. The van der Waals surface area contributed by atoms with E-state index < -0.39 is 5.79 Å². The summed E-state index contributed by atoms with van der Waals surface area (Å²) in [5.74, 6) is -1.00. The molecule has 4 heteroatoms. The molecule has 0 unspecified atom stereocenters. The highest BCUT2D eigenvalue weighted by Gasteiger charge is 2.47. The zero-order valence-electron chi connectivity index (χ0n) is 8.51. The van der Waals surface area contributed by atoms with E-state index >= 15 is 0 Å². The van der Waals surface area contributed by atoms with Crippen molar-refractivity contribution in [1.82, 2.24) is 0 Å². The van der Waals surface area contributed by atoms with E-state index in [1.54, 1.807) is 6.92 Å². The largest absolute Gasteiger partial charge is 0.361 e. The van der Waals surface area contributed by atoms with E-state index in [-0.39, 0.29) is 0 Å². The monoisotopic (exact) mass is 204 g/mol. The third kappa shape index (κ3) is 1.59.